The number of imide groups is 1. The molecule has 1 aromatic carbocycles. The molecule has 1 aromatic rings. The maximum absolute atomic E-state index is 12.8. The van der Waals surface area contributed by atoms with E-state index in [4.69, 9.17) is 0 Å². The molecule has 1 saturated heterocycles. The van der Waals surface area contributed by atoms with Crippen molar-refractivity contribution >= 4 is 18.0 Å². The van der Waals surface area contributed by atoms with Crippen molar-refractivity contribution in [2.45, 2.75) is 38.1 Å². The zero-order chi connectivity index (χ0) is 15.6. The molecule has 22 heavy (non-hydrogen) atoms. The maximum atomic E-state index is 12.8. The number of nitrogens with one attached hydrogen (secondary N) is 1. The van der Waals surface area contributed by atoms with Gasteiger partial charge in [0.15, 0.2) is 0 Å². The van der Waals surface area contributed by atoms with Crippen LogP contribution >= 0.6 is 0 Å². The summed E-state index contributed by atoms with van der Waals surface area (Å²) in [4.78, 5) is 26.3. The first-order chi connectivity index (χ1) is 10.6. The quantitative estimate of drug-likeness (QED) is 0.871. The third-order valence-electron chi connectivity index (χ3n) is 4.90. The molecule has 1 saturated carbocycles. The molecular weight excluding hydrogens is 276 g/mol. The number of amides is 3. The third kappa shape index (κ3) is 2.54. The largest absolute Gasteiger partial charge is 0.325 e. The van der Waals surface area contributed by atoms with Crippen LogP contribution in [0.1, 0.15) is 38.2 Å². The Labute approximate surface area is 131 Å². The van der Waals surface area contributed by atoms with Gasteiger partial charge in [-0.25, -0.2) is 4.79 Å². The van der Waals surface area contributed by atoms with Gasteiger partial charge in [0.05, 0.1) is 0 Å². The number of benzene rings is 1. The fraction of sp³-hybridized carbons (Fsp3) is 0.444. The lowest BCUT2D eigenvalue weighted by Crippen LogP contribution is -2.53. The van der Waals surface area contributed by atoms with Gasteiger partial charge in [-0.2, -0.15) is 0 Å². The first-order valence-corrected chi connectivity index (χ1v) is 7.99. The van der Waals surface area contributed by atoms with Crippen molar-refractivity contribution in [1.82, 2.24) is 10.2 Å². The van der Waals surface area contributed by atoms with Gasteiger partial charge in [-0.3, -0.25) is 9.69 Å². The van der Waals surface area contributed by atoms with Crippen LogP contribution < -0.4 is 5.32 Å². The first-order valence-electron chi connectivity index (χ1n) is 7.99. The monoisotopic (exact) mass is 298 g/mol. The number of urea groups is 1. The highest BCUT2D eigenvalue weighted by molar-refractivity contribution is 6.07. The lowest BCUT2D eigenvalue weighted by molar-refractivity contribution is -0.133. The van der Waals surface area contributed by atoms with Crippen molar-refractivity contribution in [2.75, 3.05) is 6.54 Å². The van der Waals surface area contributed by atoms with Crippen LogP contribution in [-0.4, -0.2) is 28.9 Å². The van der Waals surface area contributed by atoms with Gasteiger partial charge in [0.1, 0.15) is 5.54 Å². The van der Waals surface area contributed by atoms with E-state index in [1.165, 1.54) is 4.90 Å². The molecule has 1 aliphatic carbocycles. The highest BCUT2D eigenvalue weighted by atomic mass is 16.2. The summed E-state index contributed by atoms with van der Waals surface area (Å²) in [6.45, 7) is 2.40. The van der Waals surface area contributed by atoms with E-state index in [-0.39, 0.29) is 17.9 Å². The Morgan fingerprint density at radius 2 is 2.05 bits per heavy atom. The predicted molar refractivity (Wildman–Crippen MR) is 86.1 cm³/mol. The fourth-order valence-electron chi connectivity index (χ4n) is 3.52. The highest BCUT2D eigenvalue weighted by Gasteiger charge is 2.54. The van der Waals surface area contributed by atoms with Crippen LogP contribution in [-0.2, 0) is 4.79 Å². The molecule has 1 aliphatic heterocycles. The van der Waals surface area contributed by atoms with Gasteiger partial charge in [-0.15, -0.1) is 0 Å². The Balaban J connectivity index is 1.71. The van der Waals surface area contributed by atoms with Gasteiger partial charge in [-0.1, -0.05) is 62.2 Å². The SMILES string of the molecule is CC1CCCCC12NC(=O)N(CC=Cc1ccccc1)C2=O. The van der Waals surface area contributed by atoms with Crippen LogP contribution in [0.25, 0.3) is 6.08 Å². The molecule has 1 spiro atoms. The van der Waals surface area contributed by atoms with Crippen LogP contribution in [0.3, 0.4) is 0 Å². The van der Waals surface area contributed by atoms with Gasteiger partial charge in [0.25, 0.3) is 5.91 Å². The Morgan fingerprint density at radius 3 is 2.77 bits per heavy atom. The molecule has 4 nitrogen and oxygen atoms in total. The van der Waals surface area contributed by atoms with E-state index in [1.807, 2.05) is 42.5 Å². The van der Waals surface area contributed by atoms with E-state index in [0.717, 1.165) is 31.2 Å². The van der Waals surface area contributed by atoms with Crippen molar-refractivity contribution < 1.29 is 9.59 Å². The number of hydrogen-bond donors (Lipinski definition) is 1. The van der Waals surface area contributed by atoms with E-state index in [1.54, 1.807) is 0 Å². The van der Waals surface area contributed by atoms with Crippen LogP contribution in [0, 0.1) is 5.92 Å². The van der Waals surface area contributed by atoms with E-state index in [0.29, 0.717) is 6.54 Å². The second kappa shape index (κ2) is 5.95. The topological polar surface area (TPSA) is 49.4 Å². The number of nitrogens with zero attached hydrogens (tertiary/aromatic N) is 1. The molecule has 0 aromatic heterocycles. The first kappa shape index (κ1) is 14.8. The lowest BCUT2D eigenvalue weighted by Gasteiger charge is -2.36. The van der Waals surface area contributed by atoms with Crippen molar-refractivity contribution in [3.63, 3.8) is 0 Å². The van der Waals surface area contributed by atoms with Crippen LogP contribution in [0.15, 0.2) is 36.4 Å². The number of carbonyl (C=O) groups excluding carboxylic acids is 2. The fourth-order valence-corrected chi connectivity index (χ4v) is 3.52. The molecule has 116 valence electrons. The predicted octanol–water partition coefficient (Wildman–Crippen LogP) is 3.20. The summed E-state index contributed by atoms with van der Waals surface area (Å²) in [6.07, 6.45) is 7.72. The molecule has 3 rings (SSSR count). The van der Waals surface area contributed by atoms with Crippen LogP contribution in [0.4, 0.5) is 4.79 Å². The summed E-state index contributed by atoms with van der Waals surface area (Å²) in [5.41, 5.74) is 0.408. The molecule has 1 heterocycles. The summed E-state index contributed by atoms with van der Waals surface area (Å²) in [5, 5.41) is 2.97. The number of hydrogen-bond acceptors (Lipinski definition) is 2. The molecule has 3 amide bonds. The van der Waals surface area contributed by atoms with E-state index >= 15 is 0 Å². The highest BCUT2D eigenvalue weighted by Crippen LogP contribution is 2.38. The number of rotatable bonds is 3. The van der Waals surface area contributed by atoms with Gasteiger partial charge in [-0.05, 0) is 24.3 Å². The van der Waals surface area contributed by atoms with E-state index in [9.17, 15) is 9.59 Å². The molecule has 0 bridgehead atoms. The van der Waals surface area contributed by atoms with E-state index < -0.39 is 5.54 Å². The molecule has 2 aliphatic rings. The van der Waals surface area contributed by atoms with Crippen LogP contribution in [0.5, 0.6) is 0 Å². The smallest absolute Gasteiger partial charge is 0.323 e. The van der Waals surface area contributed by atoms with Crippen molar-refractivity contribution in [2.24, 2.45) is 5.92 Å². The average molecular weight is 298 g/mol. The summed E-state index contributed by atoms with van der Waals surface area (Å²) < 4.78 is 0. The minimum atomic E-state index is -0.657. The summed E-state index contributed by atoms with van der Waals surface area (Å²) in [5.74, 6) is 0.156. The van der Waals surface area contributed by atoms with Gasteiger partial charge in [0, 0.05) is 6.54 Å². The third-order valence-corrected chi connectivity index (χ3v) is 4.90. The number of carbonyl (C=O) groups is 2. The van der Waals surface area contributed by atoms with Gasteiger partial charge >= 0.3 is 6.03 Å². The second-order valence-electron chi connectivity index (χ2n) is 6.28. The molecular formula is C18H22N2O2. The lowest BCUT2D eigenvalue weighted by atomic mass is 9.73. The molecule has 2 atom stereocenters. The normalized spacial score (nSPS) is 28.6. The molecule has 1 N–H and O–H groups in total. The minimum absolute atomic E-state index is 0.0533. The summed E-state index contributed by atoms with van der Waals surface area (Å²) in [7, 11) is 0. The summed E-state index contributed by atoms with van der Waals surface area (Å²) in [6, 6.07) is 9.62. The zero-order valence-corrected chi connectivity index (χ0v) is 12.9. The average Bonchev–Trinajstić information content (AvgIpc) is 2.76. The van der Waals surface area contributed by atoms with Crippen molar-refractivity contribution in [3.05, 3.63) is 42.0 Å². The second-order valence-corrected chi connectivity index (χ2v) is 6.28. The molecule has 2 fully saturated rings. The zero-order valence-electron chi connectivity index (χ0n) is 12.9. The van der Waals surface area contributed by atoms with Gasteiger partial charge in [0.2, 0.25) is 0 Å². The molecule has 2 unspecified atom stereocenters. The van der Waals surface area contributed by atoms with Crippen molar-refractivity contribution in [1.29, 1.82) is 0 Å². The van der Waals surface area contributed by atoms with Gasteiger partial charge < -0.3 is 5.32 Å². The Kier molecular flexibility index (Phi) is 4.01. The minimum Gasteiger partial charge on any atom is -0.323 e. The molecule has 0 radical (unpaired) electrons. The van der Waals surface area contributed by atoms with Crippen LogP contribution in [0.2, 0.25) is 0 Å². The van der Waals surface area contributed by atoms with Crippen molar-refractivity contribution in [3.8, 4) is 0 Å². The Morgan fingerprint density at radius 1 is 1.27 bits per heavy atom. The Bertz CT molecular complexity index is 596. The maximum Gasteiger partial charge on any atom is 0.325 e. The Hall–Kier alpha value is -2.10. The standard InChI is InChI=1S/C18H22N2O2/c1-14-8-5-6-12-18(14)16(21)20(17(22)19-18)13-7-11-15-9-3-2-4-10-15/h2-4,7,9-11,14H,5-6,8,12-13H2,1H3,(H,19,22). The van der Waals surface area contributed by atoms with E-state index in [2.05, 4.69) is 12.2 Å². The summed E-state index contributed by atoms with van der Waals surface area (Å²) >= 11 is 0. The molecule has 4 heteroatoms.